The van der Waals surface area contributed by atoms with Gasteiger partial charge in [-0.2, -0.15) is 0 Å². The van der Waals surface area contributed by atoms with E-state index in [1.54, 1.807) is 37.6 Å². The Morgan fingerprint density at radius 2 is 1.79 bits per heavy atom. The van der Waals surface area contributed by atoms with Crippen molar-refractivity contribution >= 4 is 23.0 Å². The van der Waals surface area contributed by atoms with E-state index in [0.717, 1.165) is 11.4 Å². The lowest BCUT2D eigenvalue weighted by atomic mass is 10.2. The molecule has 0 aliphatic carbocycles. The van der Waals surface area contributed by atoms with Crippen LogP contribution >= 0.6 is 0 Å². The first-order valence-corrected chi connectivity index (χ1v) is 9.12. The molecule has 1 amide bonds. The summed E-state index contributed by atoms with van der Waals surface area (Å²) in [6.45, 7) is 2.49. The number of pyridine rings is 1. The predicted octanol–water partition coefficient (Wildman–Crippen LogP) is 4.49. The first kappa shape index (κ1) is 20.0. The minimum absolute atomic E-state index is 0.303. The number of methoxy groups -OCH3 is 2. The molecular formula is C22H23N3O4. The Bertz CT molecular complexity index is 991. The topological polar surface area (TPSA) is 81.7 Å². The second-order valence-corrected chi connectivity index (χ2v) is 6.04. The SMILES string of the molecule is CCOc1ccccc1Nc1cncc(C(=O)Nc2ccc(OC)cc2OC)c1. The zero-order valence-electron chi connectivity index (χ0n) is 16.6. The van der Waals surface area contributed by atoms with Crippen molar-refractivity contribution in [3.05, 3.63) is 66.5 Å². The smallest absolute Gasteiger partial charge is 0.257 e. The number of nitrogens with one attached hydrogen (secondary N) is 2. The Morgan fingerprint density at radius 3 is 2.55 bits per heavy atom. The third kappa shape index (κ3) is 4.95. The van der Waals surface area contributed by atoms with Crippen LogP contribution in [0.2, 0.25) is 0 Å². The minimum Gasteiger partial charge on any atom is -0.497 e. The third-order valence-corrected chi connectivity index (χ3v) is 4.12. The van der Waals surface area contributed by atoms with Crippen molar-refractivity contribution in [2.75, 3.05) is 31.5 Å². The van der Waals surface area contributed by atoms with E-state index >= 15 is 0 Å². The average Bonchev–Trinajstić information content (AvgIpc) is 2.75. The van der Waals surface area contributed by atoms with Gasteiger partial charge < -0.3 is 24.8 Å². The summed E-state index contributed by atoms with van der Waals surface area (Å²) in [7, 11) is 3.10. The average molecular weight is 393 g/mol. The molecule has 2 N–H and O–H groups in total. The van der Waals surface area contributed by atoms with Crippen LogP contribution < -0.4 is 24.8 Å². The number of benzene rings is 2. The number of rotatable bonds is 8. The first-order chi connectivity index (χ1) is 14.1. The molecule has 7 heteroatoms. The normalized spacial score (nSPS) is 10.2. The summed E-state index contributed by atoms with van der Waals surface area (Å²) in [6, 6.07) is 14.5. The van der Waals surface area contributed by atoms with Crippen LogP contribution in [0, 0.1) is 0 Å². The number of hydrogen-bond acceptors (Lipinski definition) is 6. The quantitative estimate of drug-likeness (QED) is 0.587. The van der Waals surface area contributed by atoms with Gasteiger partial charge in [-0.25, -0.2) is 0 Å². The molecule has 0 saturated heterocycles. The molecule has 0 radical (unpaired) electrons. The molecule has 3 aromatic rings. The second-order valence-electron chi connectivity index (χ2n) is 6.04. The monoisotopic (exact) mass is 393 g/mol. The fourth-order valence-electron chi connectivity index (χ4n) is 2.74. The molecule has 0 aliphatic heterocycles. The van der Waals surface area contributed by atoms with Crippen LogP contribution in [0.4, 0.5) is 17.1 Å². The summed E-state index contributed by atoms with van der Waals surface area (Å²) in [5, 5.41) is 6.09. The molecule has 1 aromatic heterocycles. The van der Waals surface area contributed by atoms with Crippen molar-refractivity contribution in [3.63, 3.8) is 0 Å². The molecule has 29 heavy (non-hydrogen) atoms. The van der Waals surface area contributed by atoms with E-state index in [4.69, 9.17) is 14.2 Å². The highest BCUT2D eigenvalue weighted by Crippen LogP contribution is 2.30. The van der Waals surface area contributed by atoms with E-state index in [1.807, 2.05) is 31.2 Å². The Morgan fingerprint density at radius 1 is 0.966 bits per heavy atom. The van der Waals surface area contributed by atoms with E-state index in [0.29, 0.717) is 35.0 Å². The van der Waals surface area contributed by atoms with Gasteiger partial charge in [-0.15, -0.1) is 0 Å². The maximum atomic E-state index is 12.7. The van der Waals surface area contributed by atoms with Gasteiger partial charge in [0.2, 0.25) is 0 Å². The molecule has 3 rings (SSSR count). The van der Waals surface area contributed by atoms with Gasteiger partial charge in [-0.3, -0.25) is 9.78 Å². The number of anilines is 3. The molecular weight excluding hydrogens is 370 g/mol. The molecule has 0 atom stereocenters. The zero-order chi connectivity index (χ0) is 20.6. The highest BCUT2D eigenvalue weighted by molar-refractivity contribution is 6.05. The van der Waals surface area contributed by atoms with E-state index < -0.39 is 0 Å². The van der Waals surface area contributed by atoms with Crippen molar-refractivity contribution < 1.29 is 19.0 Å². The lowest BCUT2D eigenvalue weighted by Crippen LogP contribution is -2.13. The maximum absolute atomic E-state index is 12.7. The number of hydrogen-bond donors (Lipinski definition) is 2. The van der Waals surface area contributed by atoms with Crippen LogP contribution in [-0.4, -0.2) is 31.7 Å². The maximum Gasteiger partial charge on any atom is 0.257 e. The van der Waals surface area contributed by atoms with Gasteiger partial charge in [0.25, 0.3) is 5.91 Å². The van der Waals surface area contributed by atoms with Crippen LogP contribution in [0.15, 0.2) is 60.9 Å². The Balaban J connectivity index is 1.78. The molecule has 0 saturated carbocycles. The van der Waals surface area contributed by atoms with Crippen LogP contribution in [0.1, 0.15) is 17.3 Å². The molecule has 2 aromatic carbocycles. The van der Waals surface area contributed by atoms with Crippen LogP contribution in [0.3, 0.4) is 0 Å². The Hall–Kier alpha value is -3.74. The van der Waals surface area contributed by atoms with Gasteiger partial charge in [-0.05, 0) is 37.3 Å². The third-order valence-electron chi connectivity index (χ3n) is 4.12. The van der Waals surface area contributed by atoms with Gasteiger partial charge in [0.1, 0.15) is 17.2 Å². The molecule has 0 unspecified atom stereocenters. The van der Waals surface area contributed by atoms with Gasteiger partial charge >= 0.3 is 0 Å². The largest absolute Gasteiger partial charge is 0.497 e. The van der Waals surface area contributed by atoms with Gasteiger partial charge in [0.05, 0.1) is 49.6 Å². The molecule has 7 nitrogen and oxygen atoms in total. The van der Waals surface area contributed by atoms with Crippen molar-refractivity contribution in [1.82, 2.24) is 4.98 Å². The number of carbonyl (C=O) groups is 1. The lowest BCUT2D eigenvalue weighted by Gasteiger charge is -2.13. The fourth-order valence-corrected chi connectivity index (χ4v) is 2.74. The van der Waals surface area contributed by atoms with E-state index in [1.165, 1.54) is 13.3 Å². The van der Waals surface area contributed by atoms with Crippen molar-refractivity contribution in [1.29, 1.82) is 0 Å². The van der Waals surface area contributed by atoms with Gasteiger partial charge in [-0.1, -0.05) is 12.1 Å². The number of amides is 1. The summed E-state index contributed by atoms with van der Waals surface area (Å²) in [4.78, 5) is 16.9. The molecule has 0 fully saturated rings. The first-order valence-electron chi connectivity index (χ1n) is 9.12. The summed E-state index contributed by atoms with van der Waals surface area (Å²) < 4.78 is 16.1. The molecule has 0 bridgehead atoms. The number of nitrogens with zero attached hydrogens (tertiary/aromatic N) is 1. The summed E-state index contributed by atoms with van der Waals surface area (Å²) in [6.07, 6.45) is 3.15. The van der Waals surface area contributed by atoms with Crippen molar-refractivity contribution in [2.24, 2.45) is 0 Å². The number of carbonyl (C=O) groups excluding carboxylic acids is 1. The highest BCUT2D eigenvalue weighted by atomic mass is 16.5. The van der Waals surface area contributed by atoms with Crippen LogP contribution in [0.25, 0.3) is 0 Å². The summed E-state index contributed by atoms with van der Waals surface area (Å²) in [5.41, 5.74) is 2.41. The number of aromatic nitrogens is 1. The van der Waals surface area contributed by atoms with Gasteiger partial charge in [0, 0.05) is 12.3 Å². The van der Waals surface area contributed by atoms with E-state index in [9.17, 15) is 4.79 Å². The fraction of sp³-hybridized carbons (Fsp3) is 0.182. The molecule has 0 spiro atoms. The van der Waals surface area contributed by atoms with Crippen LogP contribution in [-0.2, 0) is 0 Å². The molecule has 0 aliphatic rings. The number of ether oxygens (including phenoxy) is 3. The second kappa shape index (κ2) is 9.45. The predicted molar refractivity (Wildman–Crippen MR) is 113 cm³/mol. The van der Waals surface area contributed by atoms with E-state index in [2.05, 4.69) is 15.6 Å². The highest BCUT2D eigenvalue weighted by Gasteiger charge is 2.12. The zero-order valence-corrected chi connectivity index (χ0v) is 16.6. The molecule has 1 heterocycles. The Labute approximate surface area is 169 Å². The van der Waals surface area contributed by atoms with Crippen molar-refractivity contribution in [3.8, 4) is 17.2 Å². The lowest BCUT2D eigenvalue weighted by molar-refractivity contribution is 0.102. The standard InChI is InChI=1S/C22H23N3O4/c1-4-29-20-8-6-5-7-18(20)24-16-11-15(13-23-14-16)22(26)25-19-10-9-17(27-2)12-21(19)28-3/h5-14,24H,4H2,1-3H3,(H,25,26). The van der Waals surface area contributed by atoms with E-state index in [-0.39, 0.29) is 5.91 Å². The van der Waals surface area contributed by atoms with Crippen molar-refractivity contribution in [2.45, 2.75) is 6.92 Å². The molecule has 150 valence electrons. The summed E-state index contributed by atoms with van der Waals surface area (Å²) >= 11 is 0. The Kier molecular flexibility index (Phi) is 6.52. The van der Waals surface area contributed by atoms with Crippen LogP contribution in [0.5, 0.6) is 17.2 Å². The minimum atomic E-state index is -0.303. The van der Waals surface area contributed by atoms with Gasteiger partial charge in [0.15, 0.2) is 0 Å². The summed E-state index contributed by atoms with van der Waals surface area (Å²) in [5.74, 6) is 1.57. The number of para-hydroxylation sites is 2.